The minimum absolute atomic E-state index is 0.0112. The third-order valence-electron chi connectivity index (χ3n) is 6.14. The van der Waals surface area contributed by atoms with Crippen molar-refractivity contribution in [1.82, 2.24) is 15.1 Å². The van der Waals surface area contributed by atoms with Crippen LogP contribution in [0.1, 0.15) is 33.6 Å². The number of Topliss-reactive ketones (excluding diaryl/α,β-unsaturated/α-hetero) is 1. The molecule has 0 aromatic heterocycles. The Morgan fingerprint density at radius 3 is 2.55 bits per heavy atom. The fraction of sp³-hybridized carbons (Fsp3) is 0.700. The molecular weight excluding hydrogens is 394 g/mol. The number of fused-ring (bicyclic) bond motifs is 1. The summed E-state index contributed by atoms with van der Waals surface area (Å²) in [7, 11) is 3.43. The zero-order valence-corrected chi connectivity index (χ0v) is 18.3. The highest BCUT2D eigenvalue weighted by atomic mass is 32.2. The maximum Gasteiger partial charge on any atom is 0.353 e. The minimum Gasteiger partial charge on any atom is -0.477 e. The molecule has 0 aliphatic carbocycles. The lowest BCUT2D eigenvalue weighted by molar-refractivity contribution is -0.160. The van der Waals surface area contributed by atoms with Gasteiger partial charge in [-0.05, 0) is 19.3 Å². The normalized spacial score (nSPS) is 32.1. The minimum atomic E-state index is -1.10. The molecule has 9 heteroatoms. The first kappa shape index (κ1) is 21.8. The number of nitrogens with zero attached hydrogens (tertiary/aromatic N) is 2. The van der Waals surface area contributed by atoms with Crippen LogP contribution in [0.15, 0.2) is 10.6 Å². The molecule has 2 N–H and O–H groups in total. The smallest absolute Gasteiger partial charge is 0.353 e. The van der Waals surface area contributed by atoms with Crippen molar-refractivity contribution in [1.29, 1.82) is 0 Å². The number of thioether (sulfide) groups is 1. The van der Waals surface area contributed by atoms with Crippen molar-refractivity contribution in [3.63, 3.8) is 0 Å². The van der Waals surface area contributed by atoms with E-state index in [0.717, 1.165) is 0 Å². The number of likely N-dealkylation sites (N-methyl/N-ethyl adjacent to an activating group) is 1. The van der Waals surface area contributed by atoms with Crippen molar-refractivity contribution < 1.29 is 24.3 Å². The van der Waals surface area contributed by atoms with Crippen LogP contribution in [0.5, 0.6) is 0 Å². The van der Waals surface area contributed by atoms with E-state index in [9.17, 15) is 24.3 Å². The van der Waals surface area contributed by atoms with Crippen LogP contribution in [-0.4, -0.2) is 76.4 Å². The Kier molecular flexibility index (Phi) is 6.10. The number of carboxylic acid groups (broad SMARTS) is 1. The van der Waals surface area contributed by atoms with E-state index in [2.05, 4.69) is 5.32 Å². The lowest BCUT2D eigenvalue weighted by atomic mass is 9.73. The maximum atomic E-state index is 12.8. The summed E-state index contributed by atoms with van der Waals surface area (Å²) >= 11 is 1.47. The molecule has 0 radical (unpaired) electrons. The lowest BCUT2D eigenvalue weighted by Crippen LogP contribution is -2.62. The fourth-order valence-electron chi connectivity index (χ4n) is 4.82. The summed E-state index contributed by atoms with van der Waals surface area (Å²) in [6.45, 7) is 5.97. The number of carbonyl (C=O) groups is 4. The van der Waals surface area contributed by atoms with Crippen LogP contribution in [0, 0.1) is 17.8 Å². The summed E-state index contributed by atoms with van der Waals surface area (Å²) in [5, 5.41) is 13.1. The van der Waals surface area contributed by atoms with Crippen molar-refractivity contribution >= 4 is 35.3 Å². The van der Waals surface area contributed by atoms with Gasteiger partial charge in [-0.15, -0.1) is 11.8 Å². The Morgan fingerprint density at radius 2 is 2.00 bits per heavy atom. The number of β-lactam (4-membered cyclic amide) rings is 1. The molecule has 2 saturated heterocycles. The second-order valence-electron chi connectivity index (χ2n) is 8.58. The number of amides is 2. The molecule has 6 atom stereocenters. The number of nitrogens with one attached hydrogen (secondary N) is 1. The Bertz CT molecular complexity index is 780. The number of ketones is 1. The van der Waals surface area contributed by atoms with E-state index < -0.39 is 5.97 Å². The van der Waals surface area contributed by atoms with Gasteiger partial charge in [0, 0.05) is 43.1 Å². The first-order valence-electron chi connectivity index (χ1n) is 9.95. The molecule has 0 unspecified atom stereocenters. The predicted octanol–water partition coefficient (Wildman–Crippen LogP) is 0.926. The van der Waals surface area contributed by atoms with E-state index in [1.165, 1.54) is 23.6 Å². The van der Waals surface area contributed by atoms with Crippen LogP contribution in [0.2, 0.25) is 0 Å². The molecule has 8 nitrogen and oxygen atoms in total. The van der Waals surface area contributed by atoms with Crippen LogP contribution in [-0.2, 0) is 19.2 Å². The topological polar surface area (TPSA) is 107 Å². The van der Waals surface area contributed by atoms with E-state index in [1.54, 1.807) is 19.0 Å². The Hall–Kier alpha value is -1.87. The number of carboxylic acids is 1. The summed E-state index contributed by atoms with van der Waals surface area (Å²) in [6, 6.07) is -0.478. The van der Waals surface area contributed by atoms with Gasteiger partial charge in [-0.1, -0.05) is 13.8 Å². The molecule has 3 rings (SSSR count). The van der Waals surface area contributed by atoms with Crippen LogP contribution >= 0.6 is 11.8 Å². The van der Waals surface area contributed by atoms with E-state index in [-0.39, 0.29) is 58.4 Å². The first-order valence-corrected chi connectivity index (χ1v) is 10.8. The van der Waals surface area contributed by atoms with Crippen molar-refractivity contribution in [3.8, 4) is 0 Å². The van der Waals surface area contributed by atoms with E-state index in [1.807, 2.05) is 13.8 Å². The molecule has 29 heavy (non-hydrogen) atoms. The van der Waals surface area contributed by atoms with Gasteiger partial charge in [0.15, 0.2) is 0 Å². The van der Waals surface area contributed by atoms with E-state index in [4.69, 9.17) is 0 Å². The van der Waals surface area contributed by atoms with Gasteiger partial charge < -0.3 is 25.0 Å². The monoisotopic (exact) mass is 423 g/mol. The van der Waals surface area contributed by atoms with Gasteiger partial charge in [-0.25, -0.2) is 4.79 Å². The van der Waals surface area contributed by atoms with E-state index >= 15 is 0 Å². The van der Waals surface area contributed by atoms with Gasteiger partial charge in [0.2, 0.25) is 11.8 Å². The van der Waals surface area contributed by atoms with Gasteiger partial charge in [0.25, 0.3) is 0 Å². The van der Waals surface area contributed by atoms with Gasteiger partial charge in [0.05, 0.1) is 18.0 Å². The quantitative estimate of drug-likeness (QED) is 0.587. The molecule has 2 fully saturated rings. The number of hydrogen-bond donors (Lipinski definition) is 2. The number of aliphatic carboxylic acids is 1. The molecule has 160 valence electrons. The SMILES string of the molecule is CC(=O)C[C@H](C)[C@H]1C(=O)N2C(C(=O)O)=C(S[C@@H]3CN[C@H](C(=O)N(C)C)C3)[C@H](C)[C@H]12. The average Bonchev–Trinajstić information content (AvgIpc) is 3.16. The Labute approximate surface area is 175 Å². The van der Waals surface area contributed by atoms with Crippen molar-refractivity contribution in [2.75, 3.05) is 20.6 Å². The number of rotatable bonds is 7. The molecular formula is C20H29N3O5S. The summed E-state index contributed by atoms with van der Waals surface area (Å²) in [5.74, 6) is -1.80. The van der Waals surface area contributed by atoms with Gasteiger partial charge >= 0.3 is 5.97 Å². The van der Waals surface area contributed by atoms with Gasteiger partial charge in [-0.3, -0.25) is 9.59 Å². The maximum absolute atomic E-state index is 12.8. The van der Waals surface area contributed by atoms with Gasteiger partial charge in [-0.2, -0.15) is 0 Å². The second kappa shape index (κ2) is 8.10. The molecule has 0 spiro atoms. The lowest BCUT2D eigenvalue weighted by Gasteiger charge is -2.47. The van der Waals surface area contributed by atoms with Crippen LogP contribution in [0.25, 0.3) is 0 Å². The van der Waals surface area contributed by atoms with Crippen LogP contribution in [0.4, 0.5) is 0 Å². The molecule has 2 amide bonds. The summed E-state index contributed by atoms with van der Waals surface area (Å²) in [6.07, 6.45) is 0.937. The highest BCUT2D eigenvalue weighted by Gasteiger charge is 2.60. The third-order valence-corrected chi connectivity index (χ3v) is 7.65. The van der Waals surface area contributed by atoms with Crippen LogP contribution < -0.4 is 5.32 Å². The van der Waals surface area contributed by atoms with Crippen LogP contribution in [0.3, 0.4) is 0 Å². The first-order chi connectivity index (χ1) is 13.5. The zero-order valence-electron chi connectivity index (χ0n) is 17.5. The Morgan fingerprint density at radius 1 is 1.34 bits per heavy atom. The molecule has 3 aliphatic rings. The summed E-state index contributed by atoms with van der Waals surface area (Å²) in [5.41, 5.74) is 0.0751. The average molecular weight is 424 g/mol. The standard InChI is InChI=1S/C20H29N3O5S/c1-9(6-10(2)24)14-15-11(3)17(16(20(27)28)23(15)19(14)26)29-12-7-13(21-8-12)18(25)22(4)5/h9,11-15,21H,6-8H2,1-5H3,(H,27,28)/t9-,11+,12-,13-,14+,15+/m0/s1. The molecule has 0 aromatic rings. The number of hydrogen-bond acceptors (Lipinski definition) is 6. The third kappa shape index (κ3) is 3.82. The van der Waals surface area contributed by atoms with Crippen molar-refractivity contribution in [2.45, 2.75) is 50.9 Å². The largest absolute Gasteiger partial charge is 0.477 e. The number of carbonyl (C=O) groups excluding carboxylic acids is 3. The molecule has 0 aromatic carbocycles. The Balaban J connectivity index is 1.77. The summed E-state index contributed by atoms with van der Waals surface area (Å²) in [4.78, 5) is 52.1. The van der Waals surface area contributed by atoms with Crippen molar-refractivity contribution in [2.24, 2.45) is 17.8 Å². The highest BCUT2D eigenvalue weighted by Crippen LogP contribution is 2.53. The second-order valence-corrected chi connectivity index (χ2v) is 9.93. The molecule has 3 aliphatic heterocycles. The molecule has 0 saturated carbocycles. The highest BCUT2D eigenvalue weighted by molar-refractivity contribution is 8.03. The van der Waals surface area contributed by atoms with Crippen molar-refractivity contribution in [3.05, 3.63) is 10.6 Å². The predicted molar refractivity (Wildman–Crippen MR) is 109 cm³/mol. The zero-order chi connectivity index (χ0) is 21.6. The van der Waals surface area contributed by atoms with Gasteiger partial charge in [0.1, 0.15) is 11.5 Å². The molecule has 0 bridgehead atoms. The van der Waals surface area contributed by atoms with E-state index in [0.29, 0.717) is 24.3 Å². The molecule has 3 heterocycles. The fourth-order valence-corrected chi connectivity index (χ4v) is 6.30. The summed E-state index contributed by atoms with van der Waals surface area (Å²) < 4.78 is 0.